The van der Waals surface area contributed by atoms with Crippen LogP contribution in [0.2, 0.25) is 0 Å². The van der Waals surface area contributed by atoms with E-state index in [0.29, 0.717) is 49.0 Å². The lowest BCUT2D eigenvalue weighted by atomic mass is 9.67. The molecule has 1 aromatic heterocycles. The van der Waals surface area contributed by atoms with Crippen LogP contribution in [0, 0.1) is 18.2 Å². The summed E-state index contributed by atoms with van der Waals surface area (Å²) in [7, 11) is 1.37. The first kappa shape index (κ1) is 29.4. The van der Waals surface area contributed by atoms with Crippen molar-refractivity contribution >= 4 is 35.8 Å². The number of pyridine rings is 1. The molecule has 2 fully saturated rings. The van der Waals surface area contributed by atoms with Crippen LogP contribution in [0.5, 0.6) is 0 Å². The Labute approximate surface area is 246 Å². The molecule has 0 atom stereocenters. The number of carbonyl (C=O) groups is 2. The number of hydrogen-bond acceptors (Lipinski definition) is 8. The van der Waals surface area contributed by atoms with Gasteiger partial charge in [-0.15, -0.1) is 0 Å². The number of aromatic nitrogens is 1. The SMILES string of the molecule is C=NC1=C(N=C(C)C(=O)N2CCN(c3ccc(CC(=O)OC)cn3)CC2(C)C)C2(CCC2)CN1c1ccc(C)c(F)c1. The highest BCUT2D eigenvalue weighted by molar-refractivity contribution is 6.38. The molecule has 2 aromatic rings. The monoisotopic (exact) mass is 574 g/mol. The van der Waals surface area contributed by atoms with E-state index in [1.165, 1.54) is 13.2 Å². The molecule has 5 rings (SSSR count). The summed E-state index contributed by atoms with van der Waals surface area (Å²) >= 11 is 0. The highest BCUT2D eigenvalue weighted by Gasteiger charge is 2.50. The largest absolute Gasteiger partial charge is 0.469 e. The average Bonchev–Trinajstić information content (AvgIpc) is 3.28. The number of aryl methyl sites for hydroxylation is 1. The number of halogens is 1. The normalized spacial score (nSPS) is 19.7. The molecule has 1 spiro atoms. The van der Waals surface area contributed by atoms with Crippen molar-refractivity contribution in [1.82, 2.24) is 9.88 Å². The second-order valence-corrected chi connectivity index (χ2v) is 12.1. The molecule has 1 amide bonds. The van der Waals surface area contributed by atoms with Crippen molar-refractivity contribution < 1.29 is 18.7 Å². The molecule has 3 heterocycles. The van der Waals surface area contributed by atoms with Crippen LogP contribution in [0.15, 0.2) is 58.0 Å². The van der Waals surface area contributed by atoms with Crippen LogP contribution in [-0.4, -0.2) is 73.0 Å². The molecule has 3 aliphatic rings. The molecule has 10 heteroatoms. The van der Waals surface area contributed by atoms with Gasteiger partial charge in [0.1, 0.15) is 17.3 Å². The topological polar surface area (TPSA) is 90.7 Å². The van der Waals surface area contributed by atoms with Crippen molar-refractivity contribution in [1.29, 1.82) is 0 Å². The number of aliphatic imine (C=N–C) groups is 2. The van der Waals surface area contributed by atoms with Crippen molar-refractivity contribution in [3.63, 3.8) is 0 Å². The van der Waals surface area contributed by atoms with E-state index in [0.717, 1.165) is 36.3 Å². The minimum atomic E-state index is -0.484. The molecule has 1 saturated carbocycles. The van der Waals surface area contributed by atoms with Crippen LogP contribution < -0.4 is 9.80 Å². The van der Waals surface area contributed by atoms with Gasteiger partial charge in [0.15, 0.2) is 5.82 Å². The highest BCUT2D eigenvalue weighted by atomic mass is 19.1. The van der Waals surface area contributed by atoms with Crippen molar-refractivity contribution in [2.75, 3.05) is 43.1 Å². The van der Waals surface area contributed by atoms with E-state index >= 15 is 0 Å². The maximum atomic E-state index is 14.5. The van der Waals surface area contributed by atoms with E-state index in [2.05, 4.69) is 21.6 Å². The number of esters is 1. The average molecular weight is 575 g/mol. The van der Waals surface area contributed by atoms with Crippen LogP contribution in [0.3, 0.4) is 0 Å². The molecule has 9 nitrogen and oxygen atoms in total. The molecule has 0 radical (unpaired) electrons. The predicted octanol–water partition coefficient (Wildman–Crippen LogP) is 4.69. The van der Waals surface area contributed by atoms with E-state index in [-0.39, 0.29) is 29.5 Å². The van der Waals surface area contributed by atoms with Gasteiger partial charge >= 0.3 is 5.97 Å². The lowest BCUT2D eigenvalue weighted by Gasteiger charge is -2.47. The Bertz CT molecular complexity index is 1460. The number of hydrogen-bond donors (Lipinski definition) is 0. The van der Waals surface area contributed by atoms with Gasteiger partial charge < -0.3 is 19.4 Å². The third kappa shape index (κ3) is 5.42. The Morgan fingerprint density at radius 2 is 1.90 bits per heavy atom. The molecule has 1 saturated heterocycles. The Morgan fingerprint density at radius 3 is 2.48 bits per heavy atom. The molecule has 0 N–H and O–H groups in total. The Hall–Kier alpha value is -4.08. The number of methoxy groups -OCH3 is 1. The predicted molar refractivity (Wildman–Crippen MR) is 162 cm³/mol. The number of nitrogens with zero attached hydrogens (tertiary/aromatic N) is 6. The Morgan fingerprint density at radius 1 is 1.14 bits per heavy atom. The number of ether oxygens (including phenoxy) is 1. The van der Waals surface area contributed by atoms with Crippen LogP contribution in [-0.2, 0) is 20.7 Å². The van der Waals surface area contributed by atoms with Crippen molar-refractivity contribution in [3.05, 3.63) is 65.0 Å². The van der Waals surface area contributed by atoms with Gasteiger partial charge in [0.25, 0.3) is 5.91 Å². The molecular formula is C32H39FN6O3. The van der Waals surface area contributed by atoms with Crippen LogP contribution in [0.25, 0.3) is 0 Å². The molecule has 0 unspecified atom stereocenters. The minimum Gasteiger partial charge on any atom is -0.469 e. The quantitative estimate of drug-likeness (QED) is 0.352. The molecule has 222 valence electrons. The Balaban J connectivity index is 1.35. The fraction of sp³-hybridized carbons (Fsp3) is 0.469. The van der Waals surface area contributed by atoms with Crippen molar-refractivity contribution in [2.24, 2.45) is 15.4 Å². The summed E-state index contributed by atoms with van der Waals surface area (Å²) in [6.45, 7) is 13.8. The van der Waals surface area contributed by atoms with Crippen molar-refractivity contribution in [3.8, 4) is 0 Å². The number of piperazine rings is 1. The molecule has 1 aromatic carbocycles. The number of carbonyl (C=O) groups excluding carboxylic acids is 2. The van der Waals surface area contributed by atoms with Crippen LogP contribution in [0.1, 0.15) is 51.2 Å². The fourth-order valence-electron chi connectivity index (χ4n) is 6.19. The summed E-state index contributed by atoms with van der Waals surface area (Å²) in [5.41, 5.74) is 2.55. The van der Waals surface area contributed by atoms with Gasteiger partial charge in [-0.25, -0.2) is 19.4 Å². The first-order valence-electron chi connectivity index (χ1n) is 14.4. The Kier molecular flexibility index (Phi) is 7.92. The zero-order chi connectivity index (χ0) is 30.2. The van der Waals surface area contributed by atoms with E-state index < -0.39 is 5.54 Å². The van der Waals surface area contributed by atoms with E-state index in [1.807, 2.05) is 41.8 Å². The summed E-state index contributed by atoms with van der Waals surface area (Å²) in [5, 5.41) is 0. The zero-order valence-corrected chi connectivity index (χ0v) is 25.1. The lowest BCUT2D eigenvalue weighted by Crippen LogP contribution is -2.62. The van der Waals surface area contributed by atoms with Crippen molar-refractivity contribution in [2.45, 2.75) is 58.9 Å². The van der Waals surface area contributed by atoms with Gasteiger partial charge in [0.2, 0.25) is 0 Å². The van der Waals surface area contributed by atoms with E-state index in [4.69, 9.17) is 9.73 Å². The lowest BCUT2D eigenvalue weighted by molar-refractivity contribution is -0.139. The van der Waals surface area contributed by atoms with Gasteiger partial charge in [0.05, 0.1) is 24.8 Å². The minimum absolute atomic E-state index is 0.119. The number of anilines is 2. The van der Waals surface area contributed by atoms with Gasteiger partial charge in [-0.2, -0.15) is 0 Å². The third-order valence-electron chi connectivity index (χ3n) is 8.80. The van der Waals surface area contributed by atoms with Gasteiger partial charge in [-0.3, -0.25) is 9.59 Å². The molecular weight excluding hydrogens is 535 g/mol. The maximum Gasteiger partial charge on any atom is 0.310 e. The smallest absolute Gasteiger partial charge is 0.310 e. The summed E-state index contributed by atoms with van der Waals surface area (Å²) in [6, 6.07) is 8.97. The van der Waals surface area contributed by atoms with Gasteiger partial charge in [-0.1, -0.05) is 18.6 Å². The zero-order valence-electron chi connectivity index (χ0n) is 25.1. The summed E-state index contributed by atoms with van der Waals surface area (Å²) in [5.74, 6) is 0.698. The molecule has 2 aliphatic heterocycles. The fourth-order valence-corrected chi connectivity index (χ4v) is 6.19. The first-order chi connectivity index (χ1) is 20.0. The second-order valence-electron chi connectivity index (χ2n) is 12.1. The third-order valence-corrected chi connectivity index (χ3v) is 8.80. The summed E-state index contributed by atoms with van der Waals surface area (Å²) in [6.07, 6.45) is 4.81. The summed E-state index contributed by atoms with van der Waals surface area (Å²) < 4.78 is 19.2. The highest BCUT2D eigenvalue weighted by Crippen LogP contribution is 2.54. The standard InChI is InChI=1S/C32H39FN6O3/c1-21-8-10-24(17-25(21)33)38-20-32(12-7-13-32)28(29(38)34-5)36-22(2)30(41)39-15-14-37(19-31(39,3)4)26-11-9-23(18-35-26)16-27(40)42-6/h8-11,17-18H,5,7,12-16,19-20H2,1-4,6H3. The molecule has 1 aliphatic carbocycles. The van der Waals surface area contributed by atoms with Gasteiger partial charge in [0, 0.05) is 43.5 Å². The maximum absolute atomic E-state index is 14.5. The number of amides is 1. The summed E-state index contributed by atoms with van der Waals surface area (Å²) in [4.78, 5) is 45.3. The van der Waals surface area contributed by atoms with E-state index in [1.54, 1.807) is 26.1 Å². The van der Waals surface area contributed by atoms with Gasteiger partial charge in [-0.05, 0) is 76.6 Å². The number of rotatable bonds is 7. The van der Waals surface area contributed by atoms with E-state index in [9.17, 15) is 14.0 Å². The van der Waals surface area contributed by atoms with Crippen LogP contribution >= 0.6 is 0 Å². The van der Waals surface area contributed by atoms with Crippen LogP contribution in [0.4, 0.5) is 15.9 Å². The second kappa shape index (κ2) is 11.3. The number of benzene rings is 1. The molecule has 42 heavy (non-hydrogen) atoms. The molecule has 0 bridgehead atoms. The first-order valence-corrected chi connectivity index (χ1v) is 14.4.